The van der Waals surface area contributed by atoms with Crippen molar-refractivity contribution in [3.63, 3.8) is 0 Å². The van der Waals surface area contributed by atoms with E-state index in [-0.39, 0.29) is 11.9 Å². The van der Waals surface area contributed by atoms with Crippen LogP contribution in [0, 0.1) is 0 Å². The number of amides is 1. The Bertz CT molecular complexity index is 848. The molecule has 3 rings (SSSR count). The monoisotopic (exact) mass is 427 g/mol. The zero-order valence-corrected chi connectivity index (χ0v) is 18.9. The van der Waals surface area contributed by atoms with E-state index in [2.05, 4.69) is 21.2 Å². The third-order valence-electron chi connectivity index (χ3n) is 5.81. The highest BCUT2D eigenvalue weighted by atomic mass is 16.5. The number of hydrogen-bond donors (Lipinski definition) is 1. The molecule has 1 atom stereocenters. The number of piperazine rings is 1. The topological polar surface area (TPSA) is 63.3 Å². The number of carbonyl (C=O) groups excluding carboxylic acids is 1. The van der Waals surface area contributed by atoms with Gasteiger partial charge >= 0.3 is 0 Å². The van der Waals surface area contributed by atoms with E-state index >= 15 is 0 Å². The van der Waals surface area contributed by atoms with Crippen LogP contribution in [0.3, 0.4) is 0 Å². The highest BCUT2D eigenvalue weighted by molar-refractivity contribution is 5.81. The first-order chi connectivity index (χ1) is 15.0. The van der Waals surface area contributed by atoms with E-state index < -0.39 is 0 Å². The van der Waals surface area contributed by atoms with Gasteiger partial charge < -0.3 is 19.5 Å². The lowest BCUT2D eigenvalue weighted by atomic mass is 10.1. The number of hydrogen-bond acceptors (Lipinski definition) is 6. The summed E-state index contributed by atoms with van der Waals surface area (Å²) in [4.78, 5) is 17.3. The van der Waals surface area contributed by atoms with Crippen molar-refractivity contribution in [1.82, 2.24) is 15.1 Å². The van der Waals surface area contributed by atoms with Crippen LogP contribution in [-0.2, 0) is 17.9 Å². The molecule has 1 N–H and O–H groups in total. The van der Waals surface area contributed by atoms with Crippen LogP contribution < -0.4 is 19.5 Å². The predicted octanol–water partition coefficient (Wildman–Crippen LogP) is 2.53. The Hall–Kier alpha value is -2.77. The molecule has 1 saturated heterocycles. The van der Waals surface area contributed by atoms with Gasteiger partial charge in [-0.1, -0.05) is 18.2 Å². The van der Waals surface area contributed by atoms with Crippen LogP contribution in [0.5, 0.6) is 17.2 Å². The number of nitrogens with one attached hydrogen (secondary N) is 1. The molecule has 31 heavy (non-hydrogen) atoms. The molecule has 168 valence electrons. The summed E-state index contributed by atoms with van der Waals surface area (Å²) in [6.45, 7) is 6.93. The maximum atomic E-state index is 12.6. The quantitative estimate of drug-likeness (QED) is 0.664. The van der Waals surface area contributed by atoms with Crippen LogP contribution in [0.15, 0.2) is 42.5 Å². The van der Waals surface area contributed by atoms with Crippen molar-refractivity contribution in [3.8, 4) is 17.2 Å². The number of carbonyl (C=O) groups is 1. The van der Waals surface area contributed by atoms with E-state index in [0.29, 0.717) is 6.54 Å². The molecule has 1 aliphatic heterocycles. The SMILES string of the molecule is COc1ccc(CNC(=O)[C@H](C)N2CCN(Cc3ccc(OC)c(OC)c3)CC2)cc1. The van der Waals surface area contributed by atoms with E-state index in [9.17, 15) is 4.79 Å². The summed E-state index contributed by atoms with van der Waals surface area (Å²) in [5, 5.41) is 3.05. The van der Waals surface area contributed by atoms with E-state index in [1.165, 1.54) is 5.56 Å². The van der Waals surface area contributed by atoms with Gasteiger partial charge in [0.1, 0.15) is 5.75 Å². The van der Waals surface area contributed by atoms with Crippen LogP contribution in [0.2, 0.25) is 0 Å². The first-order valence-corrected chi connectivity index (χ1v) is 10.6. The second-order valence-electron chi connectivity index (χ2n) is 7.74. The van der Waals surface area contributed by atoms with Gasteiger partial charge in [0.25, 0.3) is 0 Å². The van der Waals surface area contributed by atoms with Crippen LogP contribution >= 0.6 is 0 Å². The molecular weight excluding hydrogens is 394 g/mol. The molecule has 2 aromatic carbocycles. The maximum absolute atomic E-state index is 12.6. The van der Waals surface area contributed by atoms with Gasteiger partial charge in [0, 0.05) is 39.3 Å². The molecule has 0 radical (unpaired) electrons. The molecule has 0 saturated carbocycles. The highest BCUT2D eigenvalue weighted by Crippen LogP contribution is 2.28. The zero-order valence-electron chi connectivity index (χ0n) is 18.9. The lowest BCUT2D eigenvalue weighted by Gasteiger charge is -2.37. The van der Waals surface area contributed by atoms with Crippen LogP contribution in [-0.4, -0.2) is 69.3 Å². The molecule has 0 unspecified atom stereocenters. The van der Waals surface area contributed by atoms with Crippen LogP contribution in [0.1, 0.15) is 18.1 Å². The molecule has 1 aliphatic rings. The minimum Gasteiger partial charge on any atom is -0.497 e. The summed E-state index contributed by atoms with van der Waals surface area (Å²) in [5.41, 5.74) is 2.25. The van der Waals surface area contributed by atoms with Gasteiger partial charge in [-0.25, -0.2) is 0 Å². The van der Waals surface area contributed by atoms with E-state index in [1.54, 1.807) is 21.3 Å². The minimum atomic E-state index is -0.151. The fraction of sp³-hybridized carbons (Fsp3) is 0.458. The third kappa shape index (κ3) is 6.12. The summed E-state index contributed by atoms with van der Waals surface area (Å²) in [6, 6.07) is 13.6. The van der Waals surface area contributed by atoms with Gasteiger partial charge in [-0.2, -0.15) is 0 Å². The molecule has 7 heteroatoms. The molecule has 0 aliphatic carbocycles. The lowest BCUT2D eigenvalue weighted by molar-refractivity contribution is -0.126. The van der Waals surface area contributed by atoms with Gasteiger partial charge in [0.05, 0.1) is 27.4 Å². The normalized spacial score (nSPS) is 15.9. The fourth-order valence-corrected chi connectivity index (χ4v) is 3.79. The molecule has 1 amide bonds. The summed E-state index contributed by atoms with van der Waals surface area (Å²) in [6.07, 6.45) is 0. The van der Waals surface area contributed by atoms with Crippen molar-refractivity contribution in [1.29, 1.82) is 0 Å². The van der Waals surface area contributed by atoms with Crippen LogP contribution in [0.4, 0.5) is 0 Å². The van der Waals surface area contributed by atoms with Gasteiger partial charge in [-0.3, -0.25) is 14.6 Å². The molecule has 7 nitrogen and oxygen atoms in total. The number of rotatable bonds is 9. The van der Waals surface area contributed by atoms with Gasteiger partial charge in [0.15, 0.2) is 11.5 Å². The average molecular weight is 428 g/mol. The molecular formula is C24H33N3O4. The van der Waals surface area contributed by atoms with Crippen LogP contribution in [0.25, 0.3) is 0 Å². The molecule has 1 heterocycles. The van der Waals surface area contributed by atoms with Crippen molar-refractivity contribution in [3.05, 3.63) is 53.6 Å². The zero-order chi connectivity index (χ0) is 22.2. The lowest BCUT2D eigenvalue weighted by Crippen LogP contribution is -2.53. The molecule has 1 fully saturated rings. The van der Waals surface area contributed by atoms with E-state index in [0.717, 1.165) is 55.5 Å². The Morgan fingerprint density at radius 3 is 2.16 bits per heavy atom. The van der Waals surface area contributed by atoms with E-state index in [1.807, 2.05) is 43.3 Å². The predicted molar refractivity (Wildman–Crippen MR) is 121 cm³/mol. The average Bonchev–Trinajstić information content (AvgIpc) is 2.82. The van der Waals surface area contributed by atoms with Crippen molar-refractivity contribution >= 4 is 5.91 Å². The van der Waals surface area contributed by atoms with Crippen molar-refractivity contribution < 1.29 is 19.0 Å². The number of ether oxygens (including phenoxy) is 3. The number of nitrogens with zero attached hydrogens (tertiary/aromatic N) is 2. The van der Waals surface area contributed by atoms with Gasteiger partial charge in [-0.05, 0) is 42.3 Å². The summed E-state index contributed by atoms with van der Waals surface area (Å²) < 4.78 is 15.9. The van der Waals surface area contributed by atoms with Crippen molar-refractivity contribution in [2.45, 2.75) is 26.1 Å². The fourth-order valence-electron chi connectivity index (χ4n) is 3.79. The minimum absolute atomic E-state index is 0.0594. The Balaban J connectivity index is 1.45. The Labute approximate surface area is 184 Å². The molecule has 0 bridgehead atoms. The van der Waals surface area contributed by atoms with E-state index in [4.69, 9.17) is 14.2 Å². The molecule has 0 aromatic heterocycles. The number of methoxy groups -OCH3 is 3. The molecule has 2 aromatic rings. The third-order valence-corrected chi connectivity index (χ3v) is 5.81. The summed E-state index contributed by atoms with van der Waals surface area (Å²) in [7, 11) is 4.94. The largest absolute Gasteiger partial charge is 0.497 e. The number of benzene rings is 2. The Kier molecular flexibility index (Phi) is 8.14. The first kappa shape index (κ1) is 22.9. The smallest absolute Gasteiger partial charge is 0.237 e. The highest BCUT2D eigenvalue weighted by Gasteiger charge is 2.25. The maximum Gasteiger partial charge on any atom is 0.237 e. The Morgan fingerprint density at radius 1 is 0.903 bits per heavy atom. The summed E-state index contributed by atoms with van der Waals surface area (Å²) in [5.74, 6) is 2.37. The van der Waals surface area contributed by atoms with Crippen molar-refractivity contribution in [2.75, 3.05) is 47.5 Å². The molecule has 0 spiro atoms. The first-order valence-electron chi connectivity index (χ1n) is 10.6. The van der Waals surface area contributed by atoms with Gasteiger partial charge in [-0.15, -0.1) is 0 Å². The standard InChI is InChI=1S/C24H33N3O4/c1-18(24(28)25-16-19-5-8-21(29-2)9-6-19)27-13-11-26(12-14-27)17-20-7-10-22(30-3)23(15-20)31-4/h5-10,15,18H,11-14,16-17H2,1-4H3,(H,25,28)/t18-/m0/s1. The second kappa shape index (κ2) is 11.0. The summed E-state index contributed by atoms with van der Waals surface area (Å²) >= 11 is 0. The second-order valence-corrected chi connectivity index (χ2v) is 7.74. The Morgan fingerprint density at radius 2 is 1.55 bits per heavy atom. The van der Waals surface area contributed by atoms with Crippen molar-refractivity contribution in [2.24, 2.45) is 0 Å². The van der Waals surface area contributed by atoms with Gasteiger partial charge in [0.2, 0.25) is 5.91 Å².